The predicted octanol–water partition coefficient (Wildman–Crippen LogP) is 3.24. The summed E-state index contributed by atoms with van der Waals surface area (Å²) in [6.07, 6.45) is 3.15. The zero-order valence-electron chi connectivity index (χ0n) is 10.9. The quantitative estimate of drug-likeness (QED) is 0.848. The molecule has 0 aliphatic carbocycles. The first-order chi connectivity index (χ1) is 8.95. The molecule has 19 heavy (non-hydrogen) atoms. The maximum Gasteiger partial charge on any atom is 0.246 e. The Bertz CT molecular complexity index is 473. The summed E-state index contributed by atoms with van der Waals surface area (Å²) in [5.74, 6) is -0.143. The van der Waals surface area contributed by atoms with Gasteiger partial charge >= 0.3 is 0 Å². The van der Waals surface area contributed by atoms with Crippen molar-refractivity contribution >= 4 is 35.2 Å². The van der Waals surface area contributed by atoms with Crippen LogP contribution in [0.3, 0.4) is 0 Å². The summed E-state index contributed by atoms with van der Waals surface area (Å²) in [4.78, 5) is 13.6. The number of benzene rings is 1. The van der Waals surface area contributed by atoms with Crippen molar-refractivity contribution in [2.24, 2.45) is 0 Å². The van der Waals surface area contributed by atoms with Crippen LogP contribution in [0, 0.1) is 0 Å². The van der Waals surface area contributed by atoms with E-state index in [4.69, 9.17) is 28.3 Å². The molecular formula is C14H17Cl2NO2. The van der Waals surface area contributed by atoms with Crippen LogP contribution in [0.15, 0.2) is 24.3 Å². The maximum absolute atomic E-state index is 12.0. The zero-order chi connectivity index (χ0) is 14.4. The minimum absolute atomic E-state index is 0.0399. The Morgan fingerprint density at radius 3 is 2.58 bits per heavy atom. The molecule has 0 aliphatic heterocycles. The molecule has 0 saturated heterocycles. The fourth-order valence-corrected chi connectivity index (χ4v) is 1.92. The van der Waals surface area contributed by atoms with E-state index in [1.165, 1.54) is 6.08 Å². The summed E-state index contributed by atoms with van der Waals surface area (Å²) in [6.45, 7) is 4.08. The lowest BCUT2D eigenvalue weighted by Gasteiger charge is -2.24. The van der Waals surface area contributed by atoms with Gasteiger partial charge in [-0.1, -0.05) is 29.3 Å². The second-order valence-electron chi connectivity index (χ2n) is 4.36. The van der Waals surface area contributed by atoms with Crippen LogP contribution < -0.4 is 0 Å². The highest BCUT2D eigenvalue weighted by atomic mass is 35.5. The second-order valence-corrected chi connectivity index (χ2v) is 5.17. The van der Waals surface area contributed by atoms with Crippen LogP contribution in [-0.2, 0) is 4.79 Å². The van der Waals surface area contributed by atoms with E-state index in [9.17, 15) is 4.79 Å². The largest absolute Gasteiger partial charge is 0.395 e. The number of halogens is 2. The number of hydrogen-bond donors (Lipinski definition) is 1. The first-order valence-electron chi connectivity index (χ1n) is 6.00. The molecule has 0 unspecified atom stereocenters. The van der Waals surface area contributed by atoms with Gasteiger partial charge < -0.3 is 10.0 Å². The fourth-order valence-electron chi connectivity index (χ4n) is 1.61. The molecule has 1 N–H and O–H groups in total. The molecule has 0 saturated carbocycles. The molecule has 3 nitrogen and oxygen atoms in total. The monoisotopic (exact) mass is 301 g/mol. The van der Waals surface area contributed by atoms with Crippen LogP contribution >= 0.6 is 23.2 Å². The van der Waals surface area contributed by atoms with Crippen LogP contribution in [-0.4, -0.2) is 35.1 Å². The van der Waals surface area contributed by atoms with Gasteiger partial charge in [0.15, 0.2) is 0 Å². The van der Waals surface area contributed by atoms with E-state index in [0.717, 1.165) is 5.56 Å². The van der Waals surface area contributed by atoms with E-state index in [0.29, 0.717) is 16.6 Å². The van der Waals surface area contributed by atoms with Gasteiger partial charge in [-0.15, -0.1) is 0 Å². The molecule has 0 heterocycles. The molecule has 1 rings (SSSR count). The predicted molar refractivity (Wildman–Crippen MR) is 79.4 cm³/mol. The first-order valence-corrected chi connectivity index (χ1v) is 6.76. The van der Waals surface area contributed by atoms with Crippen molar-refractivity contribution in [3.05, 3.63) is 39.9 Å². The van der Waals surface area contributed by atoms with Crippen LogP contribution in [0.25, 0.3) is 6.08 Å². The number of aliphatic hydroxyl groups excluding tert-OH is 1. The van der Waals surface area contributed by atoms with E-state index >= 15 is 0 Å². The standard InChI is InChI=1S/C14H17Cl2NO2/c1-10(2)17(7-8-18)14(19)6-4-11-3-5-12(15)13(16)9-11/h3-6,9-10,18H,7-8H2,1-2H3/b6-4+. The Labute approximate surface area is 123 Å². The highest BCUT2D eigenvalue weighted by Gasteiger charge is 2.13. The number of carbonyl (C=O) groups is 1. The number of hydrogen-bond acceptors (Lipinski definition) is 2. The van der Waals surface area contributed by atoms with Gasteiger partial charge in [0.05, 0.1) is 16.7 Å². The molecule has 5 heteroatoms. The molecule has 0 atom stereocenters. The molecule has 104 valence electrons. The topological polar surface area (TPSA) is 40.5 Å². The van der Waals surface area contributed by atoms with Crippen LogP contribution in [0.4, 0.5) is 0 Å². The summed E-state index contributed by atoms with van der Waals surface area (Å²) in [5.41, 5.74) is 0.801. The number of nitrogens with zero attached hydrogens (tertiary/aromatic N) is 1. The number of carbonyl (C=O) groups excluding carboxylic acids is 1. The molecule has 0 radical (unpaired) electrons. The lowest BCUT2D eigenvalue weighted by Crippen LogP contribution is -2.37. The van der Waals surface area contributed by atoms with Crippen molar-refractivity contribution in [3.63, 3.8) is 0 Å². The minimum Gasteiger partial charge on any atom is -0.395 e. The number of amides is 1. The molecule has 0 aromatic heterocycles. The number of aliphatic hydroxyl groups is 1. The molecular weight excluding hydrogens is 285 g/mol. The van der Waals surface area contributed by atoms with Crippen molar-refractivity contribution in [2.45, 2.75) is 19.9 Å². The van der Waals surface area contributed by atoms with Crippen molar-refractivity contribution in [1.82, 2.24) is 4.90 Å². The van der Waals surface area contributed by atoms with Crippen molar-refractivity contribution < 1.29 is 9.90 Å². The van der Waals surface area contributed by atoms with Gasteiger partial charge in [0.25, 0.3) is 0 Å². The number of rotatable bonds is 5. The molecule has 1 amide bonds. The van der Waals surface area contributed by atoms with E-state index < -0.39 is 0 Å². The maximum atomic E-state index is 12.0. The smallest absolute Gasteiger partial charge is 0.246 e. The van der Waals surface area contributed by atoms with Crippen LogP contribution in [0.5, 0.6) is 0 Å². The van der Waals surface area contributed by atoms with Gasteiger partial charge in [-0.25, -0.2) is 0 Å². The van der Waals surface area contributed by atoms with E-state index in [1.807, 2.05) is 13.8 Å². The molecule has 0 aliphatic rings. The minimum atomic E-state index is -0.143. The van der Waals surface area contributed by atoms with Crippen molar-refractivity contribution in [3.8, 4) is 0 Å². The summed E-state index contributed by atoms with van der Waals surface area (Å²) in [6, 6.07) is 5.20. The Morgan fingerprint density at radius 2 is 2.05 bits per heavy atom. The highest BCUT2D eigenvalue weighted by molar-refractivity contribution is 6.42. The summed E-state index contributed by atoms with van der Waals surface area (Å²) in [5, 5.41) is 9.87. The van der Waals surface area contributed by atoms with Gasteiger partial charge in [-0.2, -0.15) is 0 Å². The normalized spacial score (nSPS) is 11.3. The van der Waals surface area contributed by atoms with Gasteiger partial charge in [-0.05, 0) is 37.6 Å². The summed E-state index contributed by atoms with van der Waals surface area (Å²) < 4.78 is 0. The molecule has 1 aromatic rings. The fraction of sp³-hybridized carbons (Fsp3) is 0.357. The summed E-state index contributed by atoms with van der Waals surface area (Å²) >= 11 is 11.7. The Morgan fingerprint density at radius 1 is 1.37 bits per heavy atom. The zero-order valence-corrected chi connectivity index (χ0v) is 12.4. The highest BCUT2D eigenvalue weighted by Crippen LogP contribution is 2.23. The van der Waals surface area contributed by atoms with Crippen molar-refractivity contribution in [2.75, 3.05) is 13.2 Å². The molecule has 0 bridgehead atoms. The second kappa shape index (κ2) is 7.53. The van der Waals surface area contributed by atoms with Gasteiger partial charge in [0, 0.05) is 18.7 Å². The van der Waals surface area contributed by atoms with E-state index in [2.05, 4.69) is 0 Å². The third-order valence-electron chi connectivity index (χ3n) is 2.61. The molecule has 0 fully saturated rings. The van der Waals surface area contributed by atoms with Crippen LogP contribution in [0.2, 0.25) is 10.0 Å². The third-order valence-corrected chi connectivity index (χ3v) is 3.35. The lowest BCUT2D eigenvalue weighted by atomic mass is 10.2. The lowest BCUT2D eigenvalue weighted by molar-refractivity contribution is -0.128. The average molecular weight is 302 g/mol. The van der Waals surface area contributed by atoms with E-state index in [1.54, 1.807) is 29.2 Å². The third kappa shape index (κ3) is 4.86. The Kier molecular flexibility index (Phi) is 6.35. The SMILES string of the molecule is CC(C)N(CCO)C(=O)/C=C/c1ccc(Cl)c(Cl)c1. The summed E-state index contributed by atoms with van der Waals surface area (Å²) in [7, 11) is 0. The molecule has 1 aromatic carbocycles. The Hall–Kier alpha value is -1.03. The van der Waals surface area contributed by atoms with Gasteiger partial charge in [0.1, 0.15) is 0 Å². The van der Waals surface area contributed by atoms with Gasteiger partial charge in [0.2, 0.25) is 5.91 Å². The van der Waals surface area contributed by atoms with Gasteiger partial charge in [-0.3, -0.25) is 4.79 Å². The van der Waals surface area contributed by atoms with E-state index in [-0.39, 0.29) is 18.6 Å². The van der Waals surface area contributed by atoms with Crippen LogP contribution in [0.1, 0.15) is 19.4 Å². The first kappa shape index (κ1) is 16.0. The average Bonchev–Trinajstić information content (AvgIpc) is 2.36. The van der Waals surface area contributed by atoms with Crippen molar-refractivity contribution in [1.29, 1.82) is 0 Å². The molecule has 0 spiro atoms. The Balaban J connectivity index is 2.79.